The summed E-state index contributed by atoms with van der Waals surface area (Å²) in [5.74, 6) is 1.62. The van der Waals surface area contributed by atoms with Crippen LogP contribution in [0.2, 0.25) is 0 Å². The molecule has 1 aromatic heterocycles. The fourth-order valence-electron chi connectivity index (χ4n) is 2.06. The molecule has 0 fully saturated rings. The second-order valence-electron chi connectivity index (χ2n) is 5.29. The molecule has 0 aromatic carbocycles. The maximum atomic E-state index is 12.6. The van der Waals surface area contributed by atoms with E-state index >= 15 is 0 Å². The Balaban J connectivity index is 3.01. The van der Waals surface area contributed by atoms with Crippen LogP contribution in [0.25, 0.3) is 0 Å². The summed E-state index contributed by atoms with van der Waals surface area (Å²) in [6.07, 6.45) is 3.00. The number of rotatable bonds is 6. The second kappa shape index (κ2) is 7.53. The molecule has 0 saturated carbocycles. The van der Waals surface area contributed by atoms with Gasteiger partial charge in [0.15, 0.2) is 0 Å². The van der Waals surface area contributed by atoms with Crippen LogP contribution in [0, 0.1) is 0 Å². The highest BCUT2D eigenvalue weighted by Gasteiger charge is 2.20. The minimum atomic E-state index is 0.0156. The molecule has 1 heterocycles. The number of carbonyl (C=O) groups is 1. The van der Waals surface area contributed by atoms with Gasteiger partial charge in [0.25, 0.3) is 5.91 Å². The molecule has 112 valence electrons. The van der Waals surface area contributed by atoms with E-state index in [1.54, 1.807) is 17.8 Å². The molecule has 2 N–H and O–H groups in total. The lowest BCUT2D eigenvalue weighted by atomic mass is 10.1. The number of aromatic nitrogens is 1. The van der Waals surface area contributed by atoms with Crippen LogP contribution in [-0.2, 0) is 0 Å². The molecule has 0 spiro atoms. The van der Waals surface area contributed by atoms with Crippen molar-refractivity contribution in [3.63, 3.8) is 0 Å². The standard InChI is InChI=1S/C15H25N3OS/c1-6-12(9-20-5)18(4)15(19)11-7-13(10(2)3)17-14(16)8-11/h7-8,10,12H,6,9H2,1-5H3,(H2,16,17). The van der Waals surface area contributed by atoms with E-state index in [2.05, 4.69) is 18.2 Å². The maximum absolute atomic E-state index is 12.6. The Morgan fingerprint density at radius 3 is 2.60 bits per heavy atom. The Labute approximate surface area is 126 Å². The van der Waals surface area contributed by atoms with Gasteiger partial charge in [-0.05, 0) is 30.7 Å². The zero-order valence-corrected chi connectivity index (χ0v) is 13.8. The number of anilines is 1. The maximum Gasteiger partial charge on any atom is 0.254 e. The third-order valence-corrected chi connectivity index (χ3v) is 4.12. The molecule has 1 aromatic rings. The number of carbonyl (C=O) groups excluding carboxylic acids is 1. The minimum Gasteiger partial charge on any atom is -0.384 e. The topological polar surface area (TPSA) is 59.2 Å². The summed E-state index contributed by atoms with van der Waals surface area (Å²) >= 11 is 1.76. The Hall–Kier alpha value is -1.23. The minimum absolute atomic E-state index is 0.0156. The van der Waals surface area contributed by atoms with Crippen LogP contribution in [0.15, 0.2) is 12.1 Å². The molecule has 20 heavy (non-hydrogen) atoms. The zero-order chi connectivity index (χ0) is 15.3. The molecule has 0 radical (unpaired) electrons. The van der Waals surface area contributed by atoms with E-state index in [1.165, 1.54) is 0 Å². The highest BCUT2D eigenvalue weighted by atomic mass is 32.2. The Morgan fingerprint density at radius 1 is 1.45 bits per heavy atom. The molecule has 1 unspecified atom stereocenters. The first kappa shape index (κ1) is 16.8. The summed E-state index contributed by atoms with van der Waals surface area (Å²) in [7, 11) is 1.86. The van der Waals surface area contributed by atoms with Crippen molar-refractivity contribution in [3.05, 3.63) is 23.4 Å². The fraction of sp³-hybridized carbons (Fsp3) is 0.600. The van der Waals surface area contributed by atoms with Gasteiger partial charge in [0.1, 0.15) is 5.82 Å². The van der Waals surface area contributed by atoms with Crippen molar-refractivity contribution >= 4 is 23.5 Å². The largest absolute Gasteiger partial charge is 0.384 e. The van der Waals surface area contributed by atoms with Crippen molar-refractivity contribution in [2.45, 2.75) is 39.2 Å². The predicted octanol–water partition coefficient (Wildman–Crippen LogP) is 3.00. The van der Waals surface area contributed by atoms with Crippen LogP contribution in [0.4, 0.5) is 5.82 Å². The molecule has 4 nitrogen and oxygen atoms in total. The van der Waals surface area contributed by atoms with Crippen LogP contribution in [0.1, 0.15) is 49.2 Å². The number of hydrogen-bond donors (Lipinski definition) is 1. The molecule has 0 saturated heterocycles. The average molecular weight is 295 g/mol. The van der Waals surface area contributed by atoms with Crippen molar-refractivity contribution in [1.29, 1.82) is 0 Å². The Bertz CT molecular complexity index is 462. The fourth-order valence-corrected chi connectivity index (χ4v) is 2.90. The quantitative estimate of drug-likeness (QED) is 0.876. The van der Waals surface area contributed by atoms with Crippen LogP contribution >= 0.6 is 11.8 Å². The second-order valence-corrected chi connectivity index (χ2v) is 6.20. The molecular weight excluding hydrogens is 270 g/mol. The van der Waals surface area contributed by atoms with Gasteiger partial charge in [-0.25, -0.2) is 4.98 Å². The van der Waals surface area contributed by atoms with Gasteiger partial charge in [-0.3, -0.25) is 4.79 Å². The zero-order valence-electron chi connectivity index (χ0n) is 13.0. The van der Waals surface area contributed by atoms with Crippen molar-refractivity contribution in [3.8, 4) is 0 Å². The first-order valence-electron chi connectivity index (χ1n) is 6.94. The summed E-state index contributed by atoms with van der Waals surface area (Å²) < 4.78 is 0. The predicted molar refractivity (Wildman–Crippen MR) is 87.3 cm³/mol. The molecule has 0 aliphatic rings. The molecule has 1 atom stereocenters. The van der Waals surface area contributed by atoms with Crippen LogP contribution in [0.3, 0.4) is 0 Å². The smallest absolute Gasteiger partial charge is 0.254 e. The van der Waals surface area contributed by atoms with Crippen molar-refractivity contribution in [2.75, 3.05) is 24.8 Å². The highest BCUT2D eigenvalue weighted by molar-refractivity contribution is 7.98. The summed E-state index contributed by atoms with van der Waals surface area (Å²) in [6, 6.07) is 3.76. The molecule has 1 amide bonds. The molecule has 0 aliphatic heterocycles. The van der Waals surface area contributed by atoms with E-state index in [9.17, 15) is 4.79 Å². The molecule has 1 rings (SSSR count). The number of nitrogens with two attached hydrogens (primary N) is 1. The molecule has 0 bridgehead atoms. The van der Waals surface area contributed by atoms with Crippen LogP contribution in [0.5, 0.6) is 0 Å². The van der Waals surface area contributed by atoms with Gasteiger partial charge < -0.3 is 10.6 Å². The van der Waals surface area contributed by atoms with Crippen LogP contribution < -0.4 is 5.73 Å². The Kier molecular flexibility index (Phi) is 6.33. The van der Waals surface area contributed by atoms with Crippen molar-refractivity contribution in [1.82, 2.24) is 9.88 Å². The number of nitrogen functional groups attached to an aromatic ring is 1. The van der Waals surface area contributed by atoms with E-state index in [-0.39, 0.29) is 17.9 Å². The SMILES string of the molecule is CCC(CSC)N(C)C(=O)c1cc(N)nc(C(C)C)c1. The molecule has 0 aliphatic carbocycles. The van der Waals surface area contributed by atoms with E-state index in [1.807, 2.05) is 31.9 Å². The van der Waals surface area contributed by atoms with Crippen molar-refractivity contribution in [2.24, 2.45) is 0 Å². The summed E-state index contributed by atoms with van der Waals surface area (Å²) in [6.45, 7) is 6.19. The number of pyridine rings is 1. The average Bonchev–Trinajstić information content (AvgIpc) is 2.42. The molecular formula is C15H25N3OS. The summed E-state index contributed by atoms with van der Waals surface area (Å²) in [4.78, 5) is 18.7. The number of amides is 1. The van der Waals surface area contributed by atoms with Gasteiger partial charge in [-0.15, -0.1) is 0 Å². The number of nitrogens with zero attached hydrogens (tertiary/aromatic N) is 2. The van der Waals surface area contributed by atoms with E-state index in [0.717, 1.165) is 17.9 Å². The van der Waals surface area contributed by atoms with Gasteiger partial charge in [-0.1, -0.05) is 20.8 Å². The van der Waals surface area contributed by atoms with Gasteiger partial charge in [0, 0.05) is 30.1 Å². The summed E-state index contributed by atoms with van der Waals surface area (Å²) in [5, 5.41) is 0. The lowest BCUT2D eigenvalue weighted by molar-refractivity contribution is 0.0743. The first-order chi connectivity index (χ1) is 9.40. The molecule has 5 heteroatoms. The lowest BCUT2D eigenvalue weighted by Crippen LogP contribution is -2.38. The van der Waals surface area contributed by atoms with Crippen molar-refractivity contribution < 1.29 is 4.79 Å². The lowest BCUT2D eigenvalue weighted by Gasteiger charge is -2.27. The normalized spacial score (nSPS) is 12.5. The van der Waals surface area contributed by atoms with E-state index in [4.69, 9.17) is 5.73 Å². The highest BCUT2D eigenvalue weighted by Crippen LogP contribution is 2.19. The third kappa shape index (κ3) is 4.13. The number of thioether (sulfide) groups is 1. The van der Waals surface area contributed by atoms with Gasteiger partial charge in [-0.2, -0.15) is 11.8 Å². The van der Waals surface area contributed by atoms with Gasteiger partial charge in [0.05, 0.1) is 0 Å². The third-order valence-electron chi connectivity index (χ3n) is 3.40. The van der Waals surface area contributed by atoms with Gasteiger partial charge in [0.2, 0.25) is 0 Å². The summed E-state index contributed by atoms with van der Waals surface area (Å²) in [5.41, 5.74) is 7.31. The van der Waals surface area contributed by atoms with Crippen LogP contribution in [-0.4, -0.2) is 40.9 Å². The van der Waals surface area contributed by atoms with E-state index < -0.39 is 0 Å². The number of hydrogen-bond acceptors (Lipinski definition) is 4. The van der Waals surface area contributed by atoms with E-state index in [0.29, 0.717) is 11.4 Å². The first-order valence-corrected chi connectivity index (χ1v) is 8.33. The monoisotopic (exact) mass is 295 g/mol. The Morgan fingerprint density at radius 2 is 2.10 bits per heavy atom. The van der Waals surface area contributed by atoms with Gasteiger partial charge >= 0.3 is 0 Å².